The van der Waals surface area contributed by atoms with Crippen molar-refractivity contribution in [3.8, 4) is 0 Å². The van der Waals surface area contributed by atoms with Gasteiger partial charge in [0, 0.05) is 33.5 Å². The van der Waals surface area contributed by atoms with Gasteiger partial charge in [-0.15, -0.1) is 0 Å². The molecule has 19 heteroatoms. The smallest absolute Gasteiger partial charge is 0.349 e. The van der Waals surface area contributed by atoms with Crippen molar-refractivity contribution in [3.63, 3.8) is 0 Å². The molecule has 0 aromatic carbocycles. The molecule has 192 valence electrons. The monoisotopic (exact) mass is 526 g/mol. The lowest BCUT2D eigenvalue weighted by Gasteiger charge is -2.39. The highest BCUT2D eigenvalue weighted by Crippen LogP contribution is 2.60. The summed E-state index contributed by atoms with van der Waals surface area (Å²) in [4.78, 5) is 12.2. The van der Waals surface area contributed by atoms with Crippen LogP contribution < -0.4 is 4.72 Å². The fourth-order valence-electron chi connectivity index (χ4n) is 1.83. The first kappa shape index (κ1) is 30.5. The normalized spacial score (nSPS) is 15.1. The van der Waals surface area contributed by atoms with Crippen LogP contribution in [0.3, 0.4) is 0 Å². The highest BCUT2D eigenvalue weighted by atomic mass is 32.2. The van der Waals surface area contributed by atoms with Crippen molar-refractivity contribution in [2.75, 3.05) is 26.4 Å². The van der Waals surface area contributed by atoms with Crippen molar-refractivity contribution in [1.29, 1.82) is 0 Å². The third-order valence-electron chi connectivity index (χ3n) is 3.84. The largest absolute Gasteiger partial charge is 0.460 e. The topological polar surface area (TPSA) is 66.5 Å². The fourth-order valence-corrected chi connectivity index (χ4v) is 2.91. The number of sulfonamides is 1. The molecule has 0 aromatic heterocycles. The molecule has 0 aliphatic heterocycles. The molecule has 0 aromatic rings. The highest BCUT2D eigenvalue weighted by Gasteiger charge is 2.90. The zero-order chi connectivity index (χ0) is 26.2. The number of nitrogens with one attached hydrogen (secondary N) is 1. The number of carbonyl (C=O) groups excluding carboxylic acids is 1. The third-order valence-corrected chi connectivity index (χ3v) is 5.23. The van der Waals surface area contributed by atoms with Crippen molar-refractivity contribution in [2.45, 2.75) is 48.6 Å². The summed E-state index contributed by atoms with van der Waals surface area (Å²) >= 11 is 0. The first-order valence-corrected chi connectivity index (χ1v) is 9.57. The van der Waals surface area contributed by atoms with Gasteiger partial charge >= 0.3 is 35.8 Å². The number of halogens is 13. The van der Waals surface area contributed by atoms with Gasteiger partial charge in [0.1, 0.15) is 0 Å². The second-order valence-corrected chi connectivity index (χ2v) is 8.43. The lowest BCUT2D eigenvalue weighted by Crippen LogP contribution is -2.70. The Bertz CT molecular complexity index is 778. The summed E-state index contributed by atoms with van der Waals surface area (Å²) in [6.07, 6.45) is -11.0. The van der Waals surface area contributed by atoms with Gasteiger partial charge in [-0.2, -0.15) is 57.1 Å². The first-order chi connectivity index (χ1) is 13.8. The van der Waals surface area contributed by atoms with Gasteiger partial charge in [-0.25, -0.2) is 13.1 Å². The Hall–Kier alpha value is -1.53. The second-order valence-electron chi connectivity index (χ2n) is 6.50. The minimum Gasteiger partial charge on any atom is -0.349 e. The van der Waals surface area contributed by atoms with Crippen LogP contribution in [0, 0.1) is 0 Å². The summed E-state index contributed by atoms with van der Waals surface area (Å²) in [5.41, 5.74) is 0. The number of carbonyl (C=O) groups is 1. The predicted molar refractivity (Wildman–Crippen MR) is 80.5 cm³/mol. The van der Waals surface area contributed by atoms with E-state index in [0.29, 0.717) is 0 Å². The Kier molecular flexibility index (Phi) is 8.59. The molecule has 0 heterocycles. The van der Waals surface area contributed by atoms with Crippen molar-refractivity contribution < 1.29 is 70.3 Å². The molecule has 0 bridgehead atoms. The van der Waals surface area contributed by atoms with Crippen LogP contribution in [0.2, 0.25) is 0 Å². The minimum atomic E-state index is -8.05. The SMILES string of the molecule is CN(C)C(=O)CCNS(=O)(=O)CCC(F)(F)C(F)(F)C(F)(F)C(F)(F)C(F)(F)C(F)(F)F. The molecular formula is C13H15F13N2O3S. The standard InChI is InChI=1S/C13H15F13N2O3S/c1-28(2)7(29)3-5-27-32(30,31)6-4-8(14,15)9(16,17)10(18,19)11(20,21)12(22,23)13(24,25)26/h27H,3-6H2,1-2H3. The Morgan fingerprint density at radius 2 is 1.16 bits per heavy atom. The fraction of sp³-hybridized carbons (Fsp3) is 0.923. The summed E-state index contributed by atoms with van der Waals surface area (Å²) in [6, 6.07) is 0. The van der Waals surface area contributed by atoms with Crippen molar-refractivity contribution >= 4 is 15.9 Å². The maximum atomic E-state index is 13.6. The molecule has 1 amide bonds. The third kappa shape index (κ3) is 5.69. The van der Waals surface area contributed by atoms with Crippen molar-refractivity contribution in [1.82, 2.24) is 9.62 Å². The van der Waals surface area contributed by atoms with Gasteiger partial charge in [0.25, 0.3) is 0 Å². The number of rotatable bonds is 11. The predicted octanol–water partition coefficient (Wildman–Crippen LogP) is 3.51. The quantitative estimate of drug-likeness (QED) is 0.420. The summed E-state index contributed by atoms with van der Waals surface area (Å²) in [5.74, 6) is -40.8. The van der Waals surface area contributed by atoms with Gasteiger partial charge in [0.15, 0.2) is 0 Å². The van der Waals surface area contributed by atoms with E-state index in [9.17, 15) is 70.3 Å². The summed E-state index contributed by atoms with van der Waals surface area (Å²) in [6.45, 7) is -0.784. The van der Waals surface area contributed by atoms with E-state index in [1.54, 1.807) is 0 Å². The van der Waals surface area contributed by atoms with E-state index in [1.807, 2.05) is 0 Å². The van der Waals surface area contributed by atoms with Crippen LogP contribution in [0.5, 0.6) is 0 Å². The molecular weight excluding hydrogens is 511 g/mol. The van der Waals surface area contributed by atoms with E-state index < -0.39 is 76.9 Å². The van der Waals surface area contributed by atoms with E-state index in [1.165, 1.54) is 18.8 Å². The van der Waals surface area contributed by atoms with Crippen LogP contribution in [-0.4, -0.2) is 81.4 Å². The molecule has 0 spiro atoms. The van der Waals surface area contributed by atoms with E-state index >= 15 is 0 Å². The van der Waals surface area contributed by atoms with E-state index in [0.717, 1.165) is 4.90 Å². The van der Waals surface area contributed by atoms with Crippen LogP contribution in [0.4, 0.5) is 57.1 Å². The van der Waals surface area contributed by atoms with Gasteiger partial charge in [0.05, 0.1) is 5.75 Å². The molecule has 0 rings (SSSR count). The Labute approximate surface area is 172 Å². The summed E-state index contributed by atoms with van der Waals surface area (Å²) in [5, 5.41) is 0. The lowest BCUT2D eigenvalue weighted by atomic mass is 9.93. The molecule has 0 fully saturated rings. The summed E-state index contributed by atoms with van der Waals surface area (Å²) in [7, 11) is -2.56. The molecule has 1 N–H and O–H groups in total. The average molecular weight is 526 g/mol. The van der Waals surface area contributed by atoms with E-state index in [-0.39, 0.29) is 0 Å². The molecule has 0 atom stereocenters. The average Bonchev–Trinajstić information content (AvgIpc) is 2.58. The molecule has 0 saturated carbocycles. The van der Waals surface area contributed by atoms with Crippen LogP contribution in [0.1, 0.15) is 12.8 Å². The van der Waals surface area contributed by atoms with Gasteiger partial charge in [-0.05, 0) is 0 Å². The van der Waals surface area contributed by atoms with Gasteiger partial charge in [-0.1, -0.05) is 0 Å². The van der Waals surface area contributed by atoms with Crippen LogP contribution in [-0.2, 0) is 14.8 Å². The number of alkyl halides is 13. The number of hydrogen-bond acceptors (Lipinski definition) is 3. The van der Waals surface area contributed by atoms with Gasteiger partial charge < -0.3 is 4.90 Å². The molecule has 0 aliphatic rings. The van der Waals surface area contributed by atoms with E-state index in [2.05, 4.69) is 0 Å². The van der Waals surface area contributed by atoms with Crippen molar-refractivity contribution in [2.24, 2.45) is 0 Å². The van der Waals surface area contributed by atoms with E-state index in [4.69, 9.17) is 0 Å². The number of nitrogens with zero attached hydrogens (tertiary/aromatic N) is 1. The Morgan fingerprint density at radius 3 is 1.53 bits per heavy atom. The van der Waals surface area contributed by atoms with Crippen LogP contribution >= 0.6 is 0 Å². The molecule has 0 radical (unpaired) electrons. The summed E-state index contributed by atoms with van der Waals surface area (Å²) < 4.78 is 192. The molecule has 5 nitrogen and oxygen atoms in total. The first-order valence-electron chi connectivity index (χ1n) is 7.92. The molecule has 0 unspecified atom stereocenters. The Balaban J connectivity index is 5.66. The van der Waals surface area contributed by atoms with Crippen LogP contribution in [0.15, 0.2) is 0 Å². The highest BCUT2D eigenvalue weighted by molar-refractivity contribution is 7.89. The number of amides is 1. The second kappa shape index (κ2) is 9.02. The maximum absolute atomic E-state index is 13.6. The lowest BCUT2D eigenvalue weighted by molar-refractivity contribution is -0.439. The Morgan fingerprint density at radius 1 is 0.750 bits per heavy atom. The van der Waals surface area contributed by atoms with Crippen molar-refractivity contribution in [3.05, 3.63) is 0 Å². The zero-order valence-corrected chi connectivity index (χ0v) is 16.6. The van der Waals surface area contributed by atoms with Crippen LogP contribution in [0.25, 0.3) is 0 Å². The molecule has 0 saturated heterocycles. The molecule has 32 heavy (non-hydrogen) atoms. The zero-order valence-electron chi connectivity index (χ0n) is 15.8. The van der Waals surface area contributed by atoms with Gasteiger partial charge in [0.2, 0.25) is 15.9 Å². The maximum Gasteiger partial charge on any atom is 0.460 e. The molecule has 0 aliphatic carbocycles. The minimum absolute atomic E-state index is 0.574. The van der Waals surface area contributed by atoms with Gasteiger partial charge in [-0.3, -0.25) is 4.79 Å². The number of hydrogen-bond donors (Lipinski definition) is 1.